The number of aliphatic hydroxyl groups excluding tert-OH is 1. The van der Waals surface area contributed by atoms with Gasteiger partial charge < -0.3 is 5.11 Å². The Morgan fingerprint density at radius 3 is 2.44 bits per heavy atom. The van der Waals surface area contributed by atoms with E-state index < -0.39 is 6.10 Å². The van der Waals surface area contributed by atoms with E-state index in [0.717, 1.165) is 15.6 Å². The smallest absolute Gasteiger partial charge is 0.0621 e. The topological polar surface area (TPSA) is 33.1 Å². The summed E-state index contributed by atoms with van der Waals surface area (Å²) in [5.41, 5.74) is 2.10. The van der Waals surface area contributed by atoms with Crippen LogP contribution in [-0.4, -0.2) is 16.2 Å². The van der Waals surface area contributed by atoms with Crippen LogP contribution in [0.15, 0.2) is 47.2 Å². The van der Waals surface area contributed by atoms with Gasteiger partial charge in [-0.05, 0) is 51.7 Å². The molecule has 0 aliphatic heterocycles. The molecule has 0 saturated heterocycles. The van der Waals surface area contributed by atoms with Gasteiger partial charge >= 0.3 is 0 Å². The van der Waals surface area contributed by atoms with Crippen molar-refractivity contribution < 1.29 is 5.11 Å². The van der Waals surface area contributed by atoms with E-state index in [-0.39, 0.29) is 0 Å². The maximum Gasteiger partial charge on any atom is 0.0621 e. The Morgan fingerprint density at radius 2 is 1.78 bits per heavy atom. The van der Waals surface area contributed by atoms with Crippen molar-refractivity contribution in [3.8, 4) is 0 Å². The van der Waals surface area contributed by atoms with Crippen molar-refractivity contribution in [2.24, 2.45) is 0 Å². The quantitative estimate of drug-likeness (QED) is 0.930. The lowest BCUT2D eigenvalue weighted by Crippen LogP contribution is -2.14. The number of halogens is 2. The van der Waals surface area contributed by atoms with Gasteiger partial charge in [0.15, 0.2) is 0 Å². The molecule has 1 aromatic heterocycles. The molecule has 0 saturated carbocycles. The Balaban J connectivity index is 1.96. The number of aliphatic hydroxyl groups is 1. The van der Waals surface area contributed by atoms with Crippen LogP contribution in [0.25, 0.3) is 0 Å². The highest BCUT2D eigenvalue weighted by molar-refractivity contribution is 9.10. The second kappa shape index (κ2) is 6.32. The first kappa shape index (κ1) is 13.5. The molecule has 0 amide bonds. The normalized spacial score (nSPS) is 12.4. The molecule has 1 aromatic carbocycles. The van der Waals surface area contributed by atoms with E-state index in [1.165, 1.54) is 0 Å². The highest BCUT2D eigenvalue weighted by Gasteiger charge is 2.07. The summed E-state index contributed by atoms with van der Waals surface area (Å²) in [4.78, 5) is 4.08. The lowest BCUT2D eigenvalue weighted by molar-refractivity contribution is 0.175. The SMILES string of the molecule is OC(Cc1ccc(Cl)cc1)Cc1cncc(Br)c1. The highest BCUT2D eigenvalue weighted by atomic mass is 79.9. The van der Waals surface area contributed by atoms with Crippen LogP contribution in [0.2, 0.25) is 5.02 Å². The molecule has 2 nitrogen and oxygen atoms in total. The van der Waals surface area contributed by atoms with E-state index in [9.17, 15) is 5.11 Å². The molecule has 0 radical (unpaired) electrons. The fourth-order valence-corrected chi connectivity index (χ4v) is 2.34. The van der Waals surface area contributed by atoms with E-state index in [0.29, 0.717) is 17.9 Å². The monoisotopic (exact) mass is 325 g/mol. The Kier molecular flexibility index (Phi) is 4.75. The summed E-state index contributed by atoms with van der Waals surface area (Å²) < 4.78 is 0.929. The minimum Gasteiger partial charge on any atom is -0.392 e. The Labute approximate surface area is 120 Å². The first-order chi connectivity index (χ1) is 8.63. The van der Waals surface area contributed by atoms with Crippen molar-refractivity contribution in [2.45, 2.75) is 18.9 Å². The molecule has 0 spiro atoms. The third-order valence-corrected chi connectivity index (χ3v) is 3.30. The van der Waals surface area contributed by atoms with Gasteiger partial charge in [0.25, 0.3) is 0 Å². The van der Waals surface area contributed by atoms with Crippen LogP contribution in [-0.2, 0) is 12.8 Å². The van der Waals surface area contributed by atoms with Crippen LogP contribution in [0.4, 0.5) is 0 Å². The minimum absolute atomic E-state index is 0.415. The first-order valence-corrected chi connectivity index (χ1v) is 6.82. The van der Waals surface area contributed by atoms with Gasteiger partial charge in [0.05, 0.1) is 6.10 Å². The predicted molar refractivity (Wildman–Crippen MR) is 76.8 cm³/mol. The molecule has 1 atom stereocenters. The second-order valence-corrected chi connectivity index (χ2v) is 5.55. The zero-order valence-corrected chi connectivity index (χ0v) is 12.0. The molecule has 2 aromatic rings. The lowest BCUT2D eigenvalue weighted by atomic mass is 10.0. The number of nitrogens with zero attached hydrogens (tertiary/aromatic N) is 1. The summed E-state index contributed by atoms with van der Waals surface area (Å²) in [5.74, 6) is 0. The van der Waals surface area contributed by atoms with Crippen molar-refractivity contribution in [3.63, 3.8) is 0 Å². The average Bonchev–Trinajstić information content (AvgIpc) is 2.32. The summed E-state index contributed by atoms with van der Waals surface area (Å²) in [6, 6.07) is 9.52. The highest BCUT2D eigenvalue weighted by Crippen LogP contribution is 2.15. The molecule has 0 bridgehead atoms. The summed E-state index contributed by atoms with van der Waals surface area (Å²) >= 11 is 9.19. The lowest BCUT2D eigenvalue weighted by Gasteiger charge is -2.10. The van der Waals surface area contributed by atoms with Crippen LogP contribution in [0.1, 0.15) is 11.1 Å². The molecule has 0 fully saturated rings. The maximum absolute atomic E-state index is 10.0. The zero-order valence-electron chi connectivity index (χ0n) is 9.68. The Bertz CT molecular complexity index is 515. The van der Waals surface area contributed by atoms with Gasteiger partial charge in [0, 0.05) is 28.3 Å². The second-order valence-electron chi connectivity index (χ2n) is 4.20. The number of rotatable bonds is 4. The van der Waals surface area contributed by atoms with E-state index in [2.05, 4.69) is 20.9 Å². The van der Waals surface area contributed by atoms with Gasteiger partial charge in [-0.1, -0.05) is 23.7 Å². The van der Waals surface area contributed by atoms with E-state index in [1.54, 1.807) is 12.4 Å². The molecular weight excluding hydrogens is 314 g/mol. The van der Waals surface area contributed by atoms with E-state index in [4.69, 9.17) is 11.6 Å². The fourth-order valence-electron chi connectivity index (χ4n) is 1.80. The Morgan fingerprint density at radius 1 is 1.11 bits per heavy atom. The third-order valence-electron chi connectivity index (χ3n) is 2.62. The predicted octanol–water partition coefficient (Wildman–Crippen LogP) is 3.64. The molecule has 94 valence electrons. The number of hydrogen-bond acceptors (Lipinski definition) is 2. The molecule has 1 unspecified atom stereocenters. The van der Waals surface area contributed by atoms with Gasteiger partial charge in [0.2, 0.25) is 0 Å². The van der Waals surface area contributed by atoms with Crippen LogP contribution in [0.3, 0.4) is 0 Å². The first-order valence-electron chi connectivity index (χ1n) is 5.65. The van der Waals surface area contributed by atoms with Crippen LogP contribution in [0, 0.1) is 0 Å². The van der Waals surface area contributed by atoms with Gasteiger partial charge in [-0.15, -0.1) is 0 Å². The molecule has 0 aliphatic carbocycles. The Hall–Kier alpha value is -0.900. The largest absolute Gasteiger partial charge is 0.392 e. The van der Waals surface area contributed by atoms with E-state index in [1.807, 2.05) is 30.3 Å². The van der Waals surface area contributed by atoms with Crippen LogP contribution < -0.4 is 0 Å². The minimum atomic E-state index is -0.415. The molecular formula is C14H13BrClNO. The average molecular weight is 327 g/mol. The van der Waals surface area contributed by atoms with Crippen LogP contribution in [0.5, 0.6) is 0 Å². The van der Waals surface area contributed by atoms with E-state index >= 15 is 0 Å². The molecule has 4 heteroatoms. The summed E-state index contributed by atoms with van der Waals surface area (Å²) in [6.45, 7) is 0. The van der Waals surface area contributed by atoms with Crippen molar-refractivity contribution in [2.75, 3.05) is 0 Å². The van der Waals surface area contributed by atoms with Crippen molar-refractivity contribution >= 4 is 27.5 Å². The third kappa shape index (κ3) is 4.09. The fraction of sp³-hybridized carbons (Fsp3) is 0.214. The molecule has 2 rings (SSSR count). The maximum atomic E-state index is 10.0. The molecule has 1 heterocycles. The zero-order chi connectivity index (χ0) is 13.0. The summed E-state index contributed by atoms with van der Waals surface area (Å²) in [6.07, 6.45) is 4.30. The standard InChI is InChI=1S/C14H13BrClNO/c15-12-5-11(8-17-9-12)7-14(18)6-10-1-3-13(16)4-2-10/h1-5,8-9,14,18H,6-7H2. The summed E-state index contributed by atoms with van der Waals surface area (Å²) in [7, 11) is 0. The molecule has 18 heavy (non-hydrogen) atoms. The van der Waals surface area contributed by atoms with Crippen molar-refractivity contribution in [1.29, 1.82) is 0 Å². The van der Waals surface area contributed by atoms with Gasteiger partial charge in [-0.2, -0.15) is 0 Å². The van der Waals surface area contributed by atoms with Crippen molar-refractivity contribution in [3.05, 3.63) is 63.3 Å². The van der Waals surface area contributed by atoms with Gasteiger partial charge in [-0.25, -0.2) is 0 Å². The van der Waals surface area contributed by atoms with Gasteiger partial charge in [0.1, 0.15) is 0 Å². The molecule has 1 N–H and O–H groups in total. The summed E-state index contributed by atoms with van der Waals surface area (Å²) in [5, 5.41) is 10.8. The van der Waals surface area contributed by atoms with Crippen LogP contribution >= 0.6 is 27.5 Å². The number of benzene rings is 1. The number of pyridine rings is 1. The van der Waals surface area contributed by atoms with Gasteiger partial charge in [-0.3, -0.25) is 4.98 Å². The number of aromatic nitrogens is 1. The number of hydrogen-bond donors (Lipinski definition) is 1. The van der Waals surface area contributed by atoms with Crippen molar-refractivity contribution in [1.82, 2.24) is 4.98 Å². The molecule has 0 aliphatic rings.